The van der Waals surface area contributed by atoms with Gasteiger partial charge in [0.15, 0.2) is 0 Å². The fourth-order valence-electron chi connectivity index (χ4n) is 1.85. The van der Waals surface area contributed by atoms with Crippen LogP contribution in [-0.2, 0) is 6.61 Å². The van der Waals surface area contributed by atoms with Gasteiger partial charge in [-0.2, -0.15) is 0 Å². The van der Waals surface area contributed by atoms with Gasteiger partial charge in [0.2, 0.25) is 0 Å². The maximum Gasteiger partial charge on any atom is 0.135 e. The number of methoxy groups -OCH3 is 1. The Labute approximate surface area is 123 Å². The van der Waals surface area contributed by atoms with Crippen molar-refractivity contribution in [3.05, 3.63) is 59.4 Å². The largest absolute Gasteiger partial charge is 0.496 e. The van der Waals surface area contributed by atoms with Crippen molar-refractivity contribution in [2.45, 2.75) is 6.61 Å². The van der Waals surface area contributed by atoms with Crippen molar-refractivity contribution < 1.29 is 13.9 Å². The second-order valence-electron chi connectivity index (χ2n) is 4.25. The number of ether oxygens (including phenoxy) is 2. The molecule has 0 spiro atoms. The number of nitrogens with two attached hydrogens (primary N) is 1. The number of hydrogen-bond acceptors (Lipinski definition) is 3. The summed E-state index contributed by atoms with van der Waals surface area (Å²) in [5, 5.41) is 0. The average Bonchev–Trinajstić information content (AvgIpc) is 2.52. The molecule has 0 saturated heterocycles. The molecule has 2 aromatic carbocycles. The van der Waals surface area contributed by atoms with E-state index in [1.807, 2.05) is 24.3 Å². The second kappa shape index (κ2) is 7.32. The quantitative estimate of drug-likeness (QED) is 0.878. The Balaban J connectivity index is 2.20. The molecule has 3 nitrogen and oxygen atoms in total. The number of para-hydroxylation sites is 1. The highest BCUT2D eigenvalue weighted by Crippen LogP contribution is 2.23. The molecule has 4 heteroatoms. The Morgan fingerprint density at radius 2 is 1.95 bits per heavy atom. The summed E-state index contributed by atoms with van der Waals surface area (Å²) in [7, 11) is 1.61. The van der Waals surface area contributed by atoms with Crippen molar-refractivity contribution in [1.29, 1.82) is 0 Å². The highest BCUT2D eigenvalue weighted by molar-refractivity contribution is 5.46. The number of rotatable bonds is 4. The van der Waals surface area contributed by atoms with Gasteiger partial charge in [-0.25, -0.2) is 4.39 Å². The minimum Gasteiger partial charge on any atom is -0.496 e. The summed E-state index contributed by atoms with van der Waals surface area (Å²) in [6.07, 6.45) is 0. The molecular weight excluding hydrogens is 269 g/mol. The van der Waals surface area contributed by atoms with E-state index in [1.165, 1.54) is 12.1 Å². The van der Waals surface area contributed by atoms with Gasteiger partial charge >= 0.3 is 0 Å². The summed E-state index contributed by atoms with van der Waals surface area (Å²) in [5.74, 6) is 6.41. The van der Waals surface area contributed by atoms with Crippen LogP contribution < -0.4 is 15.2 Å². The molecule has 0 saturated carbocycles. The fraction of sp³-hybridized carbons (Fsp3) is 0.176. The molecule has 0 amide bonds. The first kappa shape index (κ1) is 14.9. The third-order valence-electron chi connectivity index (χ3n) is 2.84. The first-order valence-corrected chi connectivity index (χ1v) is 6.47. The predicted octanol–water partition coefficient (Wildman–Crippen LogP) is 2.72. The topological polar surface area (TPSA) is 44.5 Å². The van der Waals surface area contributed by atoms with Gasteiger partial charge in [-0.3, -0.25) is 0 Å². The first-order chi connectivity index (χ1) is 10.2. The van der Waals surface area contributed by atoms with Gasteiger partial charge < -0.3 is 15.2 Å². The molecular formula is C17H16FNO2. The lowest BCUT2D eigenvalue weighted by molar-refractivity contribution is 0.295. The van der Waals surface area contributed by atoms with Crippen LogP contribution in [0.4, 0.5) is 4.39 Å². The molecule has 0 aliphatic heterocycles. The molecule has 0 aromatic heterocycles. The number of benzene rings is 2. The van der Waals surface area contributed by atoms with E-state index in [1.54, 1.807) is 13.2 Å². The van der Waals surface area contributed by atoms with Crippen LogP contribution in [0.5, 0.6) is 11.5 Å². The minimum absolute atomic E-state index is 0.211. The third-order valence-corrected chi connectivity index (χ3v) is 2.84. The van der Waals surface area contributed by atoms with Gasteiger partial charge in [0.05, 0.1) is 19.2 Å². The summed E-state index contributed by atoms with van der Waals surface area (Å²) < 4.78 is 24.3. The predicted molar refractivity (Wildman–Crippen MR) is 79.7 cm³/mol. The highest BCUT2D eigenvalue weighted by Gasteiger charge is 2.06. The zero-order valence-electron chi connectivity index (χ0n) is 11.7. The lowest BCUT2D eigenvalue weighted by Crippen LogP contribution is -2.00. The lowest BCUT2D eigenvalue weighted by Gasteiger charge is -2.11. The molecule has 0 aliphatic rings. The Hall–Kier alpha value is -2.51. The van der Waals surface area contributed by atoms with Crippen LogP contribution in [0.25, 0.3) is 0 Å². The van der Waals surface area contributed by atoms with Crippen LogP contribution in [0.2, 0.25) is 0 Å². The maximum absolute atomic E-state index is 13.3. The van der Waals surface area contributed by atoms with Crippen molar-refractivity contribution in [3.8, 4) is 23.3 Å². The Morgan fingerprint density at radius 3 is 2.71 bits per heavy atom. The molecule has 0 unspecified atom stereocenters. The van der Waals surface area contributed by atoms with E-state index in [2.05, 4.69) is 11.8 Å². The van der Waals surface area contributed by atoms with Crippen molar-refractivity contribution in [2.24, 2.45) is 5.73 Å². The number of hydrogen-bond donors (Lipinski definition) is 1. The SMILES string of the molecule is COc1ccccc1COc1ccc(F)cc1C#CCN. The van der Waals surface area contributed by atoms with Crippen LogP contribution in [0.15, 0.2) is 42.5 Å². The molecule has 108 valence electrons. The standard InChI is InChI=1S/C17H16FNO2/c1-20-16-7-3-2-5-14(16)12-21-17-9-8-15(18)11-13(17)6-4-10-19/h2-3,5,7-9,11H,10,12,19H2,1H3. The molecule has 2 aromatic rings. The van der Waals surface area contributed by atoms with Gasteiger partial charge in [0, 0.05) is 5.56 Å². The Kier molecular flexibility index (Phi) is 5.19. The van der Waals surface area contributed by atoms with Gasteiger partial charge in [-0.15, -0.1) is 0 Å². The van der Waals surface area contributed by atoms with Crippen molar-refractivity contribution in [1.82, 2.24) is 0 Å². The lowest BCUT2D eigenvalue weighted by atomic mass is 10.2. The minimum atomic E-state index is -0.360. The molecule has 0 heterocycles. The summed E-state index contributed by atoms with van der Waals surface area (Å²) >= 11 is 0. The molecule has 0 aliphatic carbocycles. The zero-order chi connectivity index (χ0) is 15.1. The van der Waals surface area contributed by atoms with E-state index in [-0.39, 0.29) is 12.4 Å². The molecule has 0 atom stereocenters. The summed E-state index contributed by atoms with van der Waals surface area (Å²) in [5.41, 5.74) is 6.73. The zero-order valence-corrected chi connectivity index (χ0v) is 11.7. The molecule has 2 N–H and O–H groups in total. The average molecular weight is 285 g/mol. The van der Waals surface area contributed by atoms with Crippen molar-refractivity contribution in [3.63, 3.8) is 0 Å². The number of halogens is 1. The molecule has 21 heavy (non-hydrogen) atoms. The fourth-order valence-corrected chi connectivity index (χ4v) is 1.85. The van der Waals surface area contributed by atoms with E-state index in [0.29, 0.717) is 17.9 Å². The summed E-state index contributed by atoms with van der Waals surface area (Å²) in [6, 6.07) is 11.8. The molecule has 2 rings (SSSR count). The van der Waals surface area contributed by atoms with Gasteiger partial charge in [0.1, 0.15) is 23.9 Å². The van der Waals surface area contributed by atoms with Gasteiger partial charge in [0.25, 0.3) is 0 Å². The van der Waals surface area contributed by atoms with E-state index in [9.17, 15) is 4.39 Å². The first-order valence-electron chi connectivity index (χ1n) is 6.47. The Morgan fingerprint density at radius 1 is 1.14 bits per heavy atom. The van der Waals surface area contributed by atoms with Crippen molar-refractivity contribution in [2.75, 3.05) is 13.7 Å². The second-order valence-corrected chi connectivity index (χ2v) is 4.25. The smallest absolute Gasteiger partial charge is 0.135 e. The monoisotopic (exact) mass is 285 g/mol. The summed E-state index contributed by atoms with van der Waals surface area (Å²) in [6.45, 7) is 0.523. The van der Waals surface area contributed by atoms with E-state index >= 15 is 0 Å². The van der Waals surface area contributed by atoms with E-state index < -0.39 is 0 Å². The van der Waals surface area contributed by atoms with Gasteiger partial charge in [-0.05, 0) is 24.3 Å². The van der Waals surface area contributed by atoms with E-state index in [4.69, 9.17) is 15.2 Å². The van der Waals surface area contributed by atoms with E-state index in [0.717, 1.165) is 11.3 Å². The van der Waals surface area contributed by atoms with Gasteiger partial charge in [-0.1, -0.05) is 30.0 Å². The van der Waals surface area contributed by atoms with Crippen LogP contribution >= 0.6 is 0 Å². The van der Waals surface area contributed by atoms with Crippen LogP contribution in [-0.4, -0.2) is 13.7 Å². The summed E-state index contributed by atoms with van der Waals surface area (Å²) in [4.78, 5) is 0. The Bertz CT molecular complexity index is 674. The molecule has 0 bridgehead atoms. The normalized spacial score (nSPS) is 9.67. The van der Waals surface area contributed by atoms with Crippen LogP contribution in [0.3, 0.4) is 0 Å². The highest BCUT2D eigenvalue weighted by atomic mass is 19.1. The van der Waals surface area contributed by atoms with Crippen LogP contribution in [0.1, 0.15) is 11.1 Å². The van der Waals surface area contributed by atoms with Crippen LogP contribution in [0, 0.1) is 17.7 Å². The third kappa shape index (κ3) is 3.98. The molecule has 0 radical (unpaired) electrons. The van der Waals surface area contributed by atoms with Crippen molar-refractivity contribution >= 4 is 0 Å². The molecule has 0 fully saturated rings. The maximum atomic E-state index is 13.3.